The fraction of sp³-hybridized carbons (Fsp3) is 0.227. The summed E-state index contributed by atoms with van der Waals surface area (Å²) in [4.78, 5) is 30.4. The Labute approximate surface area is 164 Å². The van der Waals surface area contributed by atoms with Crippen LogP contribution in [0.4, 0.5) is 5.69 Å². The van der Waals surface area contributed by atoms with E-state index in [0.717, 1.165) is 16.7 Å². The van der Waals surface area contributed by atoms with Gasteiger partial charge in [0.15, 0.2) is 0 Å². The maximum absolute atomic E-state index is 12.4. The predicted octanol–water partition coefficient (Wildman–Crippen LogP) is 2.96. The van der Waals surface area contributed by atoms with Gasteiger partial charge in [-0.25, -0.2) is 0 Å². The normalized spacial score (nSPS) is 10.5. The number of amides is 2. The van der Waals surface area contributed by atoms with Crippen molar-refractivity contribution in [3.8, 4) is 5.75 Å². The molecule has 0 spiro atoms. The number of methoxy groups -OCH3 is 1. The molecule has 144 valence electrons. The van der Waals surface area contributed by atoms with Crippen molar-refractivity contribution in [3.05, 3.63) is 66.4 Å². The van der Waals surface area contributed by atoms with Gasteiger partial charge >= 0.3 is 0 Å². The molecule has 0 bridgehead atoms. The lowest BCUT2D eigenvalue weighted by molar-refractivity contribution is -0.123. The van der Waals surface area contributed by atoms with Crippen LogP contribution < -0.4 is 15.0 Å². The molecule has 0 unspecified atom stereocenters. The highest BCUT2D eigenvalue weighted by Crippen LogP contribution is 2.24. The van der Waals surface area contributed by atoms with E-state index in [1.165, 1.54) is 11.8 Å². The molecule has 1 N–H and O–H groups in total. The summed E-state index contributed by atoms with van der Waals surface area (Å²) < 4.78 is 5.14. The number of carbonyl (C=O) groups is 2. The Hall–Kier alpha value is -3.41. The van der Waals surface area contributed by atoms with Crippen LogP contribution in [0.1, 0.15) is 12.5 Å². The Bertz CT molecular complexity index is 965. The maximum atomic E-state index is 12.4. The fourth-order valence-corrected chi connectivity index (χ4v) is 3.01. The van der Waals surface area contributed by atoms with Crippen LogP contribution in [-0.4, -0.2) is 37.0 Å². The number of fused-ring (bicyclic) bond motifs is 1. The van der Waals surface area contributed by atoms with E-state index in [1.54, 1.807) is 19.4 Å². The van der Waals surface area contributed by atoms with Gasteiger partial charge in [-0.15, -0.1) is 0 Å². The van der Waals surface area contributed by atoms with Crippen LogP contribution in [0, 0.1) is 0 Å². The standard InChI is InChI=1S/C22H23N3O3/c1-16(26)25(20-7-3-5-18-6-4-13-24-22(18)20)15-21(27)23-14-12-17-8-10-19(28-2)11-9-17/h3-11,13H,12,14-15H2,1-2H3,(H,23,27). The molecule has 0 saturated carbocycles. The Morgan fingerprint density at radius 2 is 1.82 bits per heavy atom. The van der Waals surface area contributed by atoms with Gasteiger partial charge in [0.2, 0.25) is 11.8 Å². The topological polar surface area (TPSA) is 71.5 Å². The number of nitrogens with zero attached hydrogens (tertiary/aromatic N) is 2. The van der Waals surface area contributed by atoms with E-state index in [2.05, 4.69) is 10.3 Å². The molecule has 3 aromatic rings. The molecule has 0 saturated heterocycles. The highest BCUT2D eigenvalue weighted by atomic mass is 16.5. The fourth-order valence-electron chi connectivity index (χ4n) is 3.01. The van der Waals surface area contributed by atoms with Gasteiger partial charge in [-0.1, -0.05) is 30.3 Å². The highest BCUT2D eigenvalue weighted by Gasteiger charge is 2.18. The Balaban J connectivity index is 1.63. The molecule has 1 aromatic heterocycles. The summed E-state index contributed by atoms with van der Waals surface area (Å²) in [6, 6.07) is 17.1. The average molecular weight is 377 g/mol. The highest BCUT2D eigenvalue weighted by molar-refractivity contribution is 6.04. The smallest absolute Gasteiger partial charge is 0.240 e. The minimum absolute atomic E-state index is 0.0480. The largest absolute Gasteiger partial charge is 0.497 e. The Kier molecular flexibility index (Phi) is 6.22. The lowest BCUT2D eigenvalue weighted by Gasteiger charge is -2.21. The van der Waals surface area contributed by atoms with Gasteiger partial charge in [0, 0.05) is 25.1 Å². The van der Waals surface area contributed by atoms with Crippen molar-refractivity contribution in [1.29, 1.82) is 0 Å². The van der Waals surface area contributed by atoms with Crippen molar-refractivity contribution in [3.63, 3.8) is 0 Å². The van der Waals surface area contributed by atoms with E-state index < -0.39 is 0 Å². The molecular formula is C22H23N3O3. The summed E-state index contributed by atoms with van der Waals surface area (Å²) in [7, 11) is 1.63. The Morgan fingerprint density at radius 3 is 2.54 bits per heavy atom. The molecule has 0 radical (unpaired) electrons. The van der Waals surface area contributed by atoms with Gasteiger partial charge < -0.3 is 15.0 Å². The number of anilines is 1. The first kappa shape index (κ1) is 19.4. The average Bonchev–Trinajstić information content (AvgIpc) is 2.72. The van der Waals surface area contributed by atoms with Crippen LogP contribution in [0.5, 0.6) is 5.75 Å². The Morgan fingerprint density at radius 1 is 1.07 bits per heavy atom. The van der Waals surface area contributed by atoms with Crippen molar-refractivity contribution >= 4 is 28.4 Å². The predicted molar refractivity (Wildman–Crippen MR) is 109 cm³/mol. The first-order valence-electron chi connectivity index (χ1n) is 9.10. The molecule has 1 heterocycles. The molecule has 2 aromatic carbocycles. The van der Waals surface area contributed by atoms with Gasteiger partial charge in [-0.3, -0.25) is 14.6 Å². The summed E-state index contributed by atoms with van der Waals surface area (Å²) in [5, 5.41) is 3.80. The number of ether oxygens (including phenoxy) is 1. The van der Waals surface area contributed by atoms with Gasteiger partial charge in [-0.05, 0) is 36.2 Å². The third-order valence-electron chi connectivity index (χ3n) is 4.48. The van der Waals surface area contributed by atoms with Gasteiger partial charge in [-0.2, -0.15) is 0 Å². The molecule has 2 amide bonds. The van der Waals surface area contributed by atoms with E-state index >= 15 is 0 Å². The number of rotatable bonds is 7. The van der Waals surface area contributed by atoms with Gasteiger partial charge in [0.1, 0.15) is 12.3 Å². The van der Waals surface area contributed by atoms with Crippen molar-refractivity contribution in [2.24, 2.45) is 0 Å². The number of nitrogens with one attached hydrogen (secondary N) is 1. The summed E-state index contributed by atoms with van der Waals surface area (Å²) >= 11 is 0. The molecular weight excluding hydrogens is 354 g/mol. The molecule has 0 aliphatic carbocycles. The van der Waals surface area contributed by atoms with Crippen LogP contribution in [0.2, 0.25) is 0 Å². The van der Waals surface area contributed by atoms with Crippen LogP contribution >= 0.6 is 0 Å². The van der Waals surface area contributed by atoms with E-state index in [1.807, 2.05) is 48.5 Å². The van der Waals surface area contributed by atoms with Crippen LogP contribution in [0.15, 0.2) is 60.8 Å². The number of pyridine rings is 1. The third-order valence-corrected chi connectivity index (χ3v) is 4.48. The molecule has 3 rings (SSSR count). The van der Waals surface area contributed by atoms with E-state index in [4.69, 9.17) is 4.74 Å². The second kappa shape index (κ2) is 8.99. The van der Waals surface area contributed by atoms with Crippen LogP contribution in [-0.2, 0) is 16.0 Å². The summed E-state index contributed by atoms with van der Waals surface area (Å²) in [6.45, 7) is 1.89. The molecule has 6 heteroatoms. The van der Waals surface area contributed by atoms with E-state index in [9.17, 15) is 9.59 Å². The molecule has 0 fully saturated rings. The molecule has 6 nitrogen and oxygen atoms in total. The monoisotopic (exact) mass is 377 g/mol. The van der Waals surface area contributed by atoms with Crippen LogP contribution in [0.3, 0.4) is 0 Å². The molecule has 0 aliphatic rings. The molecule has 0 aliphatic heterocycles. The van der Waals surface area contributed by atoms with Crippen molar-refractivity contribution in [2.75, 3.05) is 25.1 Å². The lowest BCUT2D eigenvalue weighted by atomic mass is 10.1. The number of benzene rings is 2. The second-order valence-electron chi connectivity index (χ2n) is 6.41. The summed E-state index contributed by atoms with van der Waals surface area (Å²) in [5.41, 5.74) is 2.44. The third kappa shape index (κ3) is 4.65. The number of aromatic nitrogens is 1. The number of para-hydroxylation sites is 1. The second-order valence-corrected chi connectivity index (χ2v) is 6.41. The quantitative estimate of drug-likeness (QED) is 0.687. The van der Waals surface area contributed by atoms with Crippen molar-refractivity contribution in [2.45, 2.75) is 13.3 Å². The maximum Gasteiger partial charge on any atom is 0.240 e. The molecule has 28 heavy (non-hydrogen) atoms. The lowest BCUT2D eigenvalue weighted by Crippen LogP contribution is -2.40. The van der Waals surface area contributed by atoms with E-state index in [-0.39, 0.29) is 18.4 Å². The number of hydrogen-bond donors (Lipinski definition) is 1. The van der Waals surface area contributed by atoms with Crippen molar-refractivity contribution < 1.29 is 14.3 Å². The first-order valence-corrected chi connectivity index (χ1v) is 9.10. The first-order chi connectivity index (χ1) is 13.6. The molecule has 0 atom stereocenters. The van der Waals surface area contributed by atoms with Gasteiger partial charge in [0.25, 0.3) is 0 Å². The zero-order valence-corrected chi connectivity index (χ0v) is 16.0. The van der Waals surface area contributed by atoms with Crippen LogP contribution in [0.25, 0.3) is 10.9 Å². The van der Waals surface area contributed by atoms with Crippen molar-refractivity contribution in [1.82, 2.24) is 10.3 Å². The van der Waals surface area contributed by atoms with Gasteiger partial charge in [0.05, 0.1) is 18.3 Å². The minimum Gasteiger partial charge on any atom is -0.497 e. The number of hydrogen-bond acceptors (Lipinski definition) is 4. The zero-order chi connectivity index (χ0) is 19.9. The summed E-state index contributed by atoms with van der Waals surface area (Å²) in [5.74, 6) is 0.383. The summed E-state index contributed by atoms with van der Waals surface area (Å²) in [6.07, 6.45) is 2.38. The SMILES string of the molecule is COc1ccc(CCNC(=O)CN(C(C)=O)c2cccc3cccnc23)cc1. The minimum atomic E-state index is -0.211. The zero-order valence-electron chi connectivity index (χ0n) is 16.0. The number of carbonyl (C=O) groups excluding carboxylic acids is 2. The van der Waals surface area contributed by atoms with E-state index in [0.29, 0.717) is 24.2 Å².